The van der Waals surface area contributed by atoms with Gasteiger partial charge in [-0.25, -0.2) is 19.9 Å². The summed E-state index contributed by atoms with van der Waals surface area (Å²) in [5, 5.41) is 0. The molecule has 0 aliphatic heterocycles. The van der Waals surface area contributed by atoms with Gasteiger partial charge in [0.15, 0.2) is 5.82 Å². The lowest BCUT2D eigenvalue weighted by atomic mass is 10.1. The van der Waals surface area contributed by atoms with Gasteiger partial charge in [0.1, 0.15) is 0 Å². The lowest BCUT2D eigenvalue weighted by Gasteiger charge is -2.08. The van der Waals surface area contributed by atoms with Crippen LogP contribution in [0.25, 0.3) is 22.5 Å². The molecule has 0 spiro atoms. The van der Waals surface area contributed by atoms with E-state index in [0.717, 1.165) is 16.7 Å². The minimum atomic E-state index is 0.495. The largest absolute Gasteiger partial charge is 0.481 e. The van der Waals surface area contributed by atoms with E-state index in [-0.39, 0.29) is 0 Å². The van der Waals surface area contributed by atoms with Gasteiger partial charge in [0.05, 0.1) is 19.8 Å². The van der Waals surface area contributed by atoms with Crippen LogP contribution in [0, 0.1) is 0 Å². The van der Waals surface area contributed by atoms with Crippen LogP contribution in [0.2, 0.25) is 0 Å². The molecule has 0 fully saturated rings. The maximum absolute atomic E-state index is 5.25. The van der Waals surface area contributed by atoms with Crippen LogP contribution in [0.15, 0.2) is 49.1 Å². The third-order valence-corrected chi connectivity index (χ3v) is 3.13. The molecule has 0 amide bonds. The third kappa shape index (κ3) is 2.58. The Balaban J connectivity index is 2.00. The fourth-order valence-corrected chi connectivity index (χ4v) is 2.10. The van der Waals surface area contributed by atoms with Crippen LogP contribution in [0.5, 0.6) is 11.8 Å². The first kappa shape index (κ1) is 13.9. The van der Waals surface area contributed by atoms with Crippen molar-refractivity contribution in [1.29, 1.82) is 0 Å². The molecule has 0 aliphatic carbocycles. The number of hydrogen-bond donors (Lipinski definition) is 0. The Bertz CT molecular complexity index is 709. The topological polar surface area (TPSA) is 70.0 Å². The fraction of sp³-hybridized carbons (Fsp3) is 0.125. The minimum absolute atomic E-state index is 0.495. The van der Waals surface area contributed by atoms with E-state index in [1.807, 2.05) is 24.3 Å². The Labute approximate surface area is 127 Å². The summed E-state index contributed by atoms with van der Waals surface area (Å²) in [5.41, 5.74) is 2.42. The fourth-order valence-electron chi connectivity index (χ4n) is 2.10. The standard InChI is InChI=1S/C16H14N4O2/c1-21-15-12(5-3-7-17-15)11-9-19-14(20-10-11)13-6-4-8-18-16(13)22-2/h3-10H,1-2H3. The van der Waals surface area contributed by atoms with Gasteiger partial charge in [0.25, 0.3) is 0 Å². The maximum Gasteiger partial charge on any atom is 0.224 e. The zero-order valence-electron chi connectivity index (χ0n) is 12.2. The molecule has 0 bridgehead atoms. The van der Waals surface area contributed by atoms with Gasteiger partial charge in [-0.15, -0.1) is 0 Å². The van der Waals surface area contributed by atoms with E-state index < -0.39 is 0 Å². The molecule has 0 N–H and O–H groups in total. The molecule has 0 aliphatic rings. The predicted molar refractivity (Wildman–Crippen MR) is 81.6 cm³/mol. The number of ether oxygens (including phenoxy) is 2. The van der Waals surface area contributed by atoms with E-state index in [2.05, 4.69) is 19.9 Å². The molecule has 0 saturated carbocycles. The Morgan fingerprint density at radius 2 is 1.27 bits per heavy atom. The van der Waals surface area contributed by atoms with Crippen molar-refractivity contribution < 1.29 is 9.47 Å². The van der Waals surface area contributed by atoms with Gasteiger partial charge in [-0.05, 0) is 24.3 Å². The number of hydrogen-bond acceptors (Lipinski definition) is 6. The first-order valence-corrected chi connectivity index (χ1v) is 6.64. The van der Waals surface area contributed by atoms with Crippen molar-refractivity contribution in [3.05, 3.63) is 49.1 Å². The molecule has 0 saturated heterocycles. The Morgan fingerprint density at radius 1 is 0.727 bits per heavy atom. The smallest absolute Gasteiger partial charge is 0.224 e. The summed E-state index contributed by atoms with van der Waals surface area (Å²) in [4.78, 5) is 17.1. The van der Waals surface area contributed by atoms with Crippen molar-refractivity contribution >= 4 is 0 Å². The molecular formula is C16H14N4O2. The molecule has 0 atom stereocenters. The average Bonchev–Trinajstić information content (AvgIpc) is 2.62. The zero-order chi connectivity index (χ0) is 15.4. The van der Waals surface area contributed by atoms with E-state index in [1.165, 1.54) is 0 Å². The summed E-state index contributed by atoms with van der Waals surface area (Å²) in [6.07, 6.45) is 6.80. The van der Waals surface area contributed by atoms with Gasteiger partial charge in [-0.3, -0.25) is 0 Å². The van der Waals surface area contributed by atoms with Crippen LogP contribution < -0.4 is 9.47 Å². The van der Waals surface area contributed by atoms with E-state index in [9.17, 15) is 0 Å². The first-order valence-electron chi connectivity index (χ1n) is 6.64. The number of methoxy groups -OCH3 is 2. The normalized spacial score (nSPS) is 10.3. The first-order chi connectivity index (χ1) is 10.8. The monoisotopic (exact) mass is 294 g/mol. The summed E-state index contributed by atoms with van der Waals surface area (Å²) < 4.78 is 10.5. The van der Waals surface area contributed by atoms with Gasteiger partial charge in [-0.2, -0.15) is 0 Å². The second kappa shape index (κ2) is 6.17. The highest BCUT2D eigenvalue weighted by atomic mass is 16.5. The highest BCUT2D eigenvalue weighted by Crippen LogP contribution is 2.28. The Morgan fingerprint density at radius 3 is 1.86 bits per heavy atom. The molecule has 3 aromatic heterocycles. The Kier molecular flexibility index (Phi) is 3.91. The van der Waals surface area contributed by atoms with Crippen molar-refractivity contribution in [2.75, 3.05) is 14.2 Å². The van der Waals surface area contributed by atoms with E-state index >= 15 is 0 Å². The molecule has 22 heavy (non-hydrogen) atoms. The van der Waals surface area contributed by atoms with Crippen molar-refractivity contribution in [2.24, 2.45) is 0 Å². The molecule has 6 heteroatoms. The Hall–Kier alpha value is -3.02. The van der Waals surface area contributed by atoms with Crippen LogP contribution >= 0.6 is 0 Å². The number of pyridine rings is 2. The van der Waals surface area contributed by atoms with Crippen LogP contribution in [-0.4, -0.2) is 34.2 Å². The molecule has 0 unspecified atom stereocenters. The number of aromatic nitrogens is 4. The minimum Gasteiger partial charge on any atom is -0.481 e. The third-order valence-electron chi connectivity index (χ3n) is 3.13. The lowest BCUT2D eigenvalue weighted by molar-refractivity contribution is 0.399. The molecule has 3 aromatic rings. The second-order valence-corrected chi connectivity index (χ2v) is 4.42. The van der Waals surface area contributed by atoms with Gasteiger partial charge in [0, 0.05) is 35.9 Å². The van der Waals surface area contributed by atoms with E-state index in [4.69, 9.17) is 9.47 Å². The SMILES string of the molecule is COc1ncccc1-c1cnc(-c2cccnc2OC)nc1. The van der Waals surface area contributed by atoms with Crippen LogP contribution in [0.4, 0.5) is 0 Å². The maximum atomic E-state index is 5.25. The van der Waals surface area contributed by atoms with Gasteiger partial charge >= 0.3 is 0 Å². The summed E-state index contributed by atoms with van der Waals surface area (Å²) >= 11 is 0. The van der Waals surface area contributed by atoms with E-state index in [1.54, 1.807) is 39.0 Å². The lowest BCUT2D eigenvalue weighted by Crippen LogP contribution is -1.96. The average molecular weight is 294 g/mol. The molecule has 3 rings (SSSR count). The quantitative estimate of drug-likeness (QED) is 0.736. The summed E-state index contributed by atoms with van der Waals surface area (Å²) in [7, 11) is 3.16. The highest BCUT2D eigenvalue weighted by molar-refractivity contribution is 5.68. The van der Waals surface area contributed by atoms with E-state index in [0.29, 0.717) is 17.6 Å². The molecule has 3 heterocycles. The molecule has 110 valence electrons. The van der Waals surface area contributed by atoms with Gasteiger partial charge in [-0.1, -0.05) is 0 Å². The van der Waals surface area contributed by atoms with Crippen LogP contribution in [-0.2, 0) is 0 Å². The predicted octanol–water partition coefficient (Wildman–Crippen LogP) is 2.62. The highest BCUT2D eigenvalue weighted by Gasteiger charge is 2.11. The van der Waals surface area contributed by atoms with Crippen molar-refractivity contribution in [3.8, 4) is 34.3 Å². The summed E-state index contributed by atoms with van der Waals surface area (Å²) in [6.45, 7) is 0. The van der Waals surface area contributed by atoms with Crippen molar-refractivity contribution in [2.45, 2.75) is 0 Å². The number of rotatable bonds is 4. The molecular weight excluding hydrogens is 280 g/mol. The van der Waals surface area contributed by atoms with Crippen LogP contribution in [0.1, 0.15) is 0 Å². The molecule has 6 nitrogen and oxygen atoms in total. The van der Waals surface area contributed by atoms with Gasteiger partial charge < -0.3 is 9.47 Å². The number of nitrogens with zero attached hydrogens (tertiary/aromatic N) is 4. The van der Waals surface area contributed by atoms with Crippen LogP contribution in [0.3, 0.4) is 0 Å². The zero-order valence-corrected chi connectivity index (χ0v) is 12.2. The van der Waals surface area contributed by atoms with Crippen molar-refractivity contribution in [3.63, 3.8) is 0 Å². The second-order valence-electron chi connectivity index (χ2n) is 4.42. The summed E-state index contributed by atoms with van der Waals surface area (Å²) in [6, 6.07) is 7.44. The summed E-state index contributed by atoms with van der Waals surface area (Å²) in [5.74, 6) is 1.59. The van der Waals surface area contributed by atoms with Gasteiger partial charge in [0.2, 0.25) is 11.8 Å². The van der Waals surface area contributed by atoms with Crippen molar-refractivity contribution in [1.82, 2.24) is 19.9 Å². The molecule has 0 aromatic carbocycles. The molecule has 0 radical (unpaired) electrons.